The summed E-state index contributed by atoms with van der Waals surface area (Å²) in [5.41, 5.74) is -0.213. The molecule has 1 aliphatic rings. The maximum absolute atomic E-state index is 11.6. The van der Waals surface area contributed by atoms with Crippen LogP contribution in [0.1, 0.15) is 34.1 Å². The number of carbonyl (C=O) groups excluding carboxylic acids is 1. The van der Waals surface area contributed by atoms with E-state index in [1.54, 1.807) is 0 Å². The summed E-state index contributed by atoms with van der Waals surface area (Å²) in [6.45, 7) is 8.25. The van der Waals surface area contributed by atoms with Gasteiger partial charge < -0.3 is 10.1 Å². The molecule has 1 rings (SSSR count). The lowest BCUT2D eigenvalue weighted by Gasteiger charge is -2.22. The monoisotopic (exact) mass is 198 g/mol. The summed E-state index contributed by atoms with van der Waals surface area (Å²) >= 11 is 0. The Bertz CT molecular complexity index is 253. The van der Waals surface area contributed by atoms with Gasteiger partial charge in [-0.1, -0.05) is 6.92 Å². The Labute approximate surface area is 84.7 Å². The van der Waals surface area contributed by atoms with Gasteiger partial charge in [-0.25, -0.2) is 0 Å². The van der Waals surface area contributed by atoms with E-state index in [2.05, 4.69) is 10.3 Å². The highest BCUT2D eigenvalue weighted by atomic mass is 16.5. The van der Waals surface area contributed by atoms with Gasteiger partial charge in [0.25, 0.3) is 5.91 Å². The lowest BCUT2D eigenvalue weighted by molar-refractivity contribution is -0.128. The molecule has 0 radical (unpaired) electrons. The fourth-order valence-corrected chi connectivity index (χ4v) is 1.21. The first-order chi connectivity index (χ1) is 6.42. The highest BCUT2D eigenvalue weighted by molar-refractivity contribution is 5.88. The molecule has 4 heteroatoms. The van der Waals surface area contributed by atoms with Crippen LogP contribution in [-0.2, 0) is 9.53 Å². The number of hydrogen-bond donors (Lipinski definition) is 1. The molecule has 1 N–H and O–H groups in total. The molecule has 0 saturated carbocycles. The van der Waals surface area contributed by atoms with Crippen LogP contribution in [0.25, 0.3) is 0 Å². The second-order valence-electron chi connectivity index (χ2n) is 4.43. The molecule has 0 fully saturated rings. The predicted molar refractivity (Wildman–Crippen MR) is 55.4 cm³/mol. The number of hydrogen-bond acceptors (Lipinski definition) is 3. The molecular formula is C10H18N2O2. The molecule has 80 valence electrons. The van der Waals surface area contributed by atoms with E-state index < -0.39 is 6.10 Å². The standard InChI is InChI=1S/C10H18N2O2/c1-5-8-11-6-7(14-8)9(13)12-10(2,3)4/h7H,5-6H2,1-4H3,(H,12,13). The van der Waals surface area contributed by atoms with Crippen molar-refractivity contribution in [2.24, 2.45) is 4.99 Å². The van der Waals surface area contributed by atoms with Crippen LogP contribution in [-0.4, -0.2) is 30.0 Å². The molecule has 0 aliphatic carbocycles. The van der Waals surface area contributed by atoms with Crippen molar-refractivity contribution in [1.29, 1.82) is 0 Å². The van der Waals surface area contributed by atoms with Crippen molar-refractivity contribution in [3.05, 3.63) is 0 Å². The fourth-order valence-electron chi connectivity index (χ4n) is 1.21. The van der Waals surface area contributed by atoms with Crippen molar-refractivity contribution in [3.8, 4) is 0 Å². The van der Waals surface area contributed by atoms with Gasteiger partial charge in [0.15, 0.2) is 12.0 Å². The predicted octanol–water partition coefficient (Wildman–Crippen LogP) is 1.11. The lowest BCUT2D eigenvalue weighted by atomic mass is 10.1. The minimum absolute atomic E-state index is 0.0790. The van der Waals surface area contributed by atoms with Crippen LogP contribution in [0.5, 0.6) is 0 Å². The van der Waals surface area contributed by atoms with Gasteiger partial charge >= 0.3 is 0 Å². The van der Waals surface area contributed by atoms with Crippen LogP contribution in [0, 0.1) is 0 Å². The molecule has 0 saturated heterocycles. The van der Waals surface area contributed by atoms with Crippen LogP contribution < -0.4 is 5.32 Å². The highest BCUT2D eigenvalue weighted by Crippen LogP contribution is 2.09. The van der Waals surface area contributed by atoms with Crippen molar-refractivity contribution in [3.63, 3.8) is 0 Å². The fraction of sp³-hybridized carbons (Fsp3) is 0.800. The normalized spacial score (nSPS) is 21.4. The van der Waals surface area contributed by atoms with Gasteiger partial charge in [-0.3, -0.25) is 9.79 Å². The van der Waals surface area contributed by atoms with Crippen molar-refractivity contribution >= 4 is 11.8 Å². The van der Waals surface area contributed by atoms with E-state index in [1.807, 2.05) is 27.7 Å². The summed E-state index contributed by atoms with van der Waals surface area (Å²) in [4.78, 5) is 15.7. The zero-order valence-electron chi connectivity index (χ0n) is 9.26. The quantitative estimate of drug-likeness (QED) is 0.722. The van der Waals surface area contributed by atoms with Crippen LogP contribution in [0.3, 0.4) is 0 Å². The first kappa shape index (κ1) is 11.0. The van der Waals surface area contributed by atoms with Crippen molar-refractivity contribution in [2.75, 3.05) is 6.54 Å². The first-order valence-electron chi connectivity index (χ1n) is 4.94. The Morgan fingerprint density at radius 1 is 1.64 bits per heavy atom. The maximum atomic E-state index is 11.6. The Balaban J connectivity index is 2.42. The second kappa shape index (κ2) is 3.98. The number of aliphatic imine (C=N–C) groups is 1. The third-order valence-electron chi connectivity index (χ3n) is 1.80. The molecule has 1 heterocycles. The van der Waals surface area contributed by atoms with E-state index in [-0.39, 0.29) is 11.4 Å². The molecule has 0 spiro atoms. The average Bonchev–Trinajstić information content (AvgIpc) is 2.48. The minimum atomic E-state index is -0.427. The third-order valence-corrected chi connectivity index (χ3v) is 1.80. The Morgan fingerprint density at radius 3 is 2.71 bits per heavy atom. The second-order valence-corrected chi connectivity index (χ2v) is 4.43. The molecule has 1 amide bonds. The Kier molecular flexibility index (Phi) is 3.13. The van der Waals surface area contributed by atoms with Crippen LogP contribution in [0.15, 0.2) is 4.99 Å². The van der Waals surface area contributed by atoms with E-state index in [0.29, 0.717) is 12.4 Å². The zero-order chi connectivity index (χ0) is 10.8. The van der Waals surface area contributed by atoms with Crippen molar-refractivity contribution < 1.29 is 9.53 Å². The highest BCUT2D eigenvalue weighted by Gasteiger charge is 2.28. The summed E-state index contributed by atoms with van der Waals surface area (Å²) in [5.74, 6) is 0.601. The van der Waals surface area contributed by atoms with Crippen LogP contribution >= 0.6 is 0 Å². The van der Waals surface area contributed by atoms with Crippen molar-refractivity contribution in [1.82, 2.24) is 5.32 Å². The van der Waals surface area contributed by atoms with Gasteiger partial charge in [0.1, 0.15) is 0 Å². The summed E-state index contributed by atoms with van der Waals surface area (Å²) < 4.78 is 5.36. The van der Waals surface area contributed by atoms with Gasteiger partial charge in [0, 0.05) is 12.0 Å². The van der Waals surface area contributed by atoms with Gasteiger partial charge in [-0.2, -0.15) is 0 Å². The summed E-state index contributed by atoms with van der Waals surface area (Å²) in [6.07, 6.45) is 0.323. The molecule has 0 bridgehead atoms. The Hall–Kier alpha value is -1.06. The van der Waals surface area contributed by atoms with Gasteiger partial charge in [-0.05, 0) is 20.8 Å². The van der Waals surface area contributed by atoms with E-state index in [9.17, 15) is 4.79 Å². The number of nitrogens with zero attached hydrogens (tertiary/aromatic N) is 1. The van der Waals surface area contributed by atoms with Gasteiger partial charge in [0.05, 0.1) is 6.54 Å². The molecule has 1 aliphatic heterocycles. The molecule has 0 aromatic heterocycles. The molecule has 4 nitrogen and oxygen atoms in total. The third kappa shape index (κ3) is 3.01. The molecule has 1 unspecified atom stereocenters. The van der Waals surface area contributed by atoms with Crippen LogP contribution in [0.4, 0.5) is 0 Å². The zero-order valence-corrected chi connectivity index (χ0v) is 9.26. The van der Waals surface area contributed by atoms with Crippen molar-refractivity contribution in [2.45, 2.75) is 45.8 Å². The molecule has 0 aromatic rings. The number of amides is 1. The summed E-state index contributed by atoms with van der Waals surface area (Å²) in [6, 6.07) is 0. The summed E-state index contributed by atoms with van der Waals surface area (Å²) in [5, 5.41) is 2.87. The van der Waals surface area contributed by atoms with Gasteiger partial charge in [-0.15, -0.1) is 0 Å². The number of rotatable bonds is 2. The maximum Gasteiger partial charge on any atom is 0.263 e. The van der Waals surface area contributed by atoms with Crippen LogP contribution in [0.2, 0.25) is 0 Å². The SMILES string of the molecule is CCC1=NCC(C(=O)NC(C)(C)C)O1. The smallest absolute Gasteiger partial charge is 0.263 e. The van der Waals surface area contributed by atoms with E-state index >= 15 is 0 Å². The number of carbonyl (C=O) groups is 1. The molecule has 14 heavy (non-hydrogen) atoms. The largest absolute Gasteiger partial charge is 0.466 e. The Morgan fingerprint density at radius 2 is 2.29 bits per heavy atom. The molecule has 1 atom stereocenters. The minimum Gasteiger partial charge on any atom is -0.466 e. The van der Waals surface area contributed by atoms with E-state index in [4.69, 9.17) is 4.74 Å². The van der Waals surface area contributed by atoms with E-state index in [0.717, 1.165) is 6.42 Å². The molecule has 0 aromatic carbocycles. The number of ether oxygens (including phenoxy) is 1. The first-order valence-corrected chi connectivity index (χ1v) is 4.94. The topological polar surface area (TPSA) is 50.7 Å². The lowest BCUT2D eigenvalue weighted by Crippen LogP contribution is -2.46. The summed E-state index contributed by atoms with van der Waals surface area (Å²) in [7, 11) is 0. The molecular weight excluding hydrogens is 180 g/mol. The van der Waals surface area contributed by atoms with Gasteiger partial charge in [0.2, 0.25) is 0 Å². The van der Waals surface area contributed by atoms with E-state index in [1.165, 1.54) is 0 Å². The average molecular weight is 198 g/mol. The number of nitrogens with one attached hydrogen (secondary N) is 1.